The first kappa shape index (κ1) is 13.1. The standard InChI is InChI=1S/C15H15NO3S/c1-19-11-5-3-10(4-6-11)15(7-2-8-15)14-16-12(9-20-14)13(17)18/h3-6,9H,2,7-8H2,1H3,(H,17,18). The molecule has 104 valence electrons. The molecule has 0 amide bonds. The number of benzene rings is 1. The fourth-order valence-corrected chi connectivity index (χ4v) is 3.73. The van der Waals surface area contributed by atoms with E-state index in [1.165, 1.54) is 16.9 Å². The van der Waals surface area contributed by atoms with Crippen LogP contribution in [0.25, 0.3) is 0 Å². The van der Waals surface area contributed by atoms with E-state index in [4.69, 9.17) is 9.84 Å². The van der Waals surface area contributed by atoms with Gasteiger partial charge in [-0.05, 0) is 30.5 Å². The molecule has 0 spiro atoms. The first-order valence-corrected chi connectivity index (χ1v) is 7.37. The molecular weight excluding hydrogens is 274 g/mol. The van der Waals surface area contributed by atoms with Gasteiger partial charge in [0.2, 0.25) is 0 Å². The third kappa shape index (κ3) is 1.98. The summed E-state index contributed by atoms with van der Waals surface area (Å²) in [5.74, 6) is -0.134. The predicted octanol–water partition coefficient (Wildman–Crippen LogP) is 3.32. The van der Waals surface area contributed by atoms with E-state index < -0.39 is 5.97 Å². The molecule has 0 radical (unpaired) electrons. The molecule has 1 aliphatic rings. The van der Waals surface area contributed by atoms with Crippen LogP contribution in [-0.2, 0) is 5.41 Å². The molecule has 1 fully saturated rings. The highest BCUT2D eigenvalue weighted by Gasteiger charge is 2.43. The van der Waals surface area contributed by atoms with Gasteiger partial charge in [-0.3, -0.25) is 0 Å². The molecule has 5 heteroatoms. The number of aromatic nitrogens is 1. The minimum atomic E-state index is -0.961. The average Bonchev–Trinajstić information content (AvgIpc) is 2.88. The number of rotatable bonds is 4. The number of methoxy groups -OCH3 is 1. The van der Waals surface area contributed by atoms with Crippen LogP contribution in [0.15, 0.2) is 29.6 Å². The summed E-state index contributed by atoms with van der Waals surface area (Å²) in [4.78, 5) is 15.3. The molecule has 0 atom stereocenters. The lowest BCUT2D eigenvalue weighted by Gasteiger charge is -2.40. The van der Waals surface area contributed by atoms with Gasteiger partial charge in [-0.1, -0.05) is 18.6 Å². The number of nitrogens with zero attached hydrogens (tertiary/aromatic N) is 1. The van der Waals surface area contributed by atoms with E-state index in [1.54, 1.807) is 12.5 Å². The van der Waals surface area contributed by atoms with Crippen LogP contribution in [0.2, 0.25) is 0 Å². The highest BCUT2D eigenvalue weighted by Crippen LogP contribution is 2.50. The maximum atomic E-state index is 11.0. The molecule has 1 aromatic carbocycles. The summed E-state index contributed by atoms with van der Waals surface area (Å²) in [6, 6.07) is 8.00. The Kier molecular flexibility index (Phi) is 3.22. The molecule has 1 heterocycles. The van der Waals surface area contributed by atoms with Gasteiger partial charge in [0.05, 0.1) is 7.11 Å². The monoisotopic (exact) mass is 289 g/mol. The zero-order valence-electron chi connectivity index (χ0n) is 11.1. The summed E-state index contributed by atoms with van der Waals surface area (Å²) in [5.41, 5.74) is 1.23. The lowest BCUT2D eigenvalue weighted by Crippen LogP contribution is -2.35. The Hall–Kier alpha value is -1.88. The minimum Gasteiger partial charge on any atom is -0.497 e. The molecule has 4 nitrogen and oxygen atoms in total. The summed E-state index contributed by atoms with van der Waals surface area (Å²) in [6.45, 7) is 0. The molecule has 0 bridgehead atoms. The Bertz CT molecular complexity index is 629. The van der Waals surface area contributed by atoms with E-state index in [0.29, 0.717) is 0 Å². The lowest BCUT2D eigenvalue weighted by atomic mass is 9.65. The summed E-state index contributed by atoms with van der Waals surface area (Å²) in [7, 11) is 1.65. The Morgan fingerprint density at radius 1 is 1.35 bits per heavy atom. The number of hydrogen-bond donors (Lipinski definition) is 1. The van der Waals surface area contributed by atoms with Gasteiger partial charge in [0.25, 0.3) is 0 Å². The van der Waals surface area contributed by atoms with Crippen LogP contribution in [0.3, 0.4) is 0 Å². The Morgan fingerprint density at radius 2 is 2.05 bits per heavy atom. The van der Waals surface area contributed by atoms with Gasteiger partial charge in [0, 0.05) is 10.8 Å². The van der Waals surface area contributed by atoms with Crippen molar-refractivity contribution in [2.24, 2.45) is 0 Å². The van der Waals surface area contributed by atoms with Crippen molar-refractivity contribution in [1.29, 1.82) is 0 Å². The van der Waals surface area contributed by atoms with E-state index in [1.807, 2.05) is 12.1 Å². The SMILES string of the molecule is COc1ccc(C2(c3nc(C(=O)O)cs3)CCC2)cc1. The summed E-state index contributed by atoms with van der Waals surface area (Å²) >= 11 is 1.44. The maximum absolute atomic E-state index is 11.0. The second kappa shape index (κ2) is 4.90. The zero-order valence-corrected chi connectivity index (χ0v) is 11.9. The van der Waals surface area contributed by atoms with Crippen LogP contribution in [0.4, 0.5) is 0 Å². The maximum Gasteiger partial charge on any atom is 0.355 e. The number of aromatic carboxylic acids is 1. The number of carboxylic acids is 1. The van der Waals surface area contributed by atoms with E-state index in [0.717, 1.165) is 30.0 Å². The van der Waals surface area contributed by atoms with Crippen LogP contribution < -0.4 is 4.74 Å². The fraction of sp³-hybridized carbons (Fsp3) is 0.333. The van der Waals surface area contributed by atoms with Crippen LogP contribution in [-0.4, -0.2) is 23.2 Å². The van der Waals surface area contributed by atoms with Gasteiger partial charge in [-0.2, -0.15) is 0 Å². The van der Waals surface area contributed by atoms with E-state index in [2.05, 4.69) is 17.1 Å². The molecule has 1 saturated carbocycles. The molecule has 0 aliphatic heterocycles. The number of carboxylic acid groups (broad SMARTS) is 1. The van der Waals surface area contributed by atoms with Crippen LogP contribution in [0, 0.1) is 0 Å². The van der Waals surface area contributed by atoms with Gasteiger partial charge in [0.1, 0.15) is 10.8 Å². The quantitative estimate of drug-likeness (QED) is 0.938. The largest absolute Gasteiger partial charge is 0.497 e. The van der Waals surface area contributed by atoms with Crippen molar-refractivity contribution in [2.75, 3.05) is 7.11 Å². The number of hydrogen-bond acceptors (Lipinski definition) is 4. The number of carbonyl (C=O) groups is 1. The zero-order chi connectivity index (χ0) is 14.2. The Morgan fingerprint density at radius 3 is 2.50 bits per heavy atom. The second-order valence-corrected chi connectivity index (χ2v) is 5.87. The van der Waals surface area contributed by atoms with Crippen molar-refractivity contribution in [2.45, 2.75) is 24.7 Å². The van der Waals surface area contributed by atoms with Crippen molar-refractivity contribution < 1.29 is 14.6 Å². The van der Waals surface area contributed by atoms with Gasteiger partial charge in [-0.25, -0.2) is 9.78 Å². The molecule has 0 saturated heterocycles. The number of thiazole rings is 1. The topological polar surface area (TPSA) is 59.4 Å². The average molecular weight is 289 g/mol. The first-order chi connectivity index (χ1) is 9.65. The van der Waals surface area contributed by atoms with Crippen molar-refractivity contribution in [1.82, 2.24) is 4.98 Å². The smallest absolute Gasteiger partial charge is 0.355 e. The van der Waals surface area contributed by atoms with Crippen LogP contribution in [0.1, 0.15) is 40.3 Å². The summed E-state index contributed by atoms with van der Waals surface area (Å²) in [5, 5.41) is 11.6. The van der Waals surface area contributed by atoms with Crippen molar-refractivity contribution in [3.8, 4) is 5.75 Å². The molecule has 1 aliphatic carbocycles. The van der Waals surface area contributed by atoms with E-state index in [-0.39, 0.29) is 11.1 Å². The Balaban J connectivity index is 1.99. The molecule has 1 N–H and O–H groups in total. The lowest BCUT2D eigenvalue weighted by molar-refractivity contribution is 0.0690. The van der Waals surface area contributed by atoms with E-state index >= 15 is 0 Å². The molecule has 20 heavy (non-hydrogen) atoms. The normalized spacial score (nSPS) is 16.4. The van der Waals surface area contributed by atoms with Gasteiger partial charge in [0.15, 0.2) is 5.69 Å². The third-order valence-electron chi connectivity index (χ3n) is 3.98. The highest BCUT2D eigenvalue weighted by molar-refractivity contribution is 7.10. The minimum absolute atomic E-state index is 0.107. The molecular formula is C15H15NO3S. The molecule has 0 unspecified atom stereocenters. The highest BCUT2D eigenvalue weighted by atomic mass is 32.1. The van der Waals surface area contributed by atoms with Crippen LogP contribution >= 0.6 is 11.3 Å². The predicted molar refractivity (Wildman–Crippen MR) is 76.7 cm³/mol. The first-order valence-electron chi connectivity index (χ1n) is 6.49. The Labute approximate surface area is 121 Å². The fourth-order valence-electron chi connectivity index (χ4n) is 2.66. The third-order valence-corrected chi connectivity index (χ3v) is 5.03. The molecule has 2 aromatic rings. The number of ether oxygens (including phenoxy) is 1. The van der Waals surface area contributed by atoms with E-state index in [9.17, 15) is 4.79 Å². The second-order valence-electron chi connectivity index (χ2n) is 5.01. The molecule has 1 aromatic heterocycles. The summed E-state index contributed by atoms with van der Waals surface area (Å²) < 4.78 is 5.18. The van der Waals surface area contributed by atoms with Crippen LogP contribution in [0.5, 0.6) is 5.75 Å². The molecule has 3 rings (SSSR count). The van der Waals surface area contributed by atoms with Gasteiger partial charge < -0.3 is 9.84 Å². The van der Waals surface area contributed by atoms with Crippen molar-refractivity contribution >= 4 is 17.3 Å². The van der Waals surface area contributed by atoms with Gasteiger partial charge in [-0.15, -0.1) is 11.3 Å². The van der Waals surface area contributed by atoms with Gasteiger partial charge >= 0.3 is 5.97 Å². The van der Waals surface area contributed by atoms with Crippen molar-refractivity contribution in [3.05, 3.63) is 45.9 Å². The summed E-state index contributed by atoms with van der Waals surface area (Å²) in [6.07, 6.45) is 3.19. The van der Waals surface area contributed by atoms with Crippen molar-refractivity contribution in [3.63, 3.8) is 0 Å².